The highest BCUT2D eigenvalue weighted by Gasteiger charge is 2.36. The van der Waals surface area contributed by atoms with Crippen molar-refractivity contribution in [3.05, 3.63) is 18.0 Å². The second-order valence-electron chi connectivity index (χ2n) is 6.49. The van der Waals surface area contributed by atoms with Crippen molar-refractivity contribution in [3.63, 3.8) is 0 Å². The SMILES string of the molecule is O=C(C1CN(C2CCOCC2)Cc2ccnn21)N1CCOCC1. The van der Waals surface area contributed by atoms with Crippen LogP contribution in [0.1, 0.15) is 24.6 Å². The molecule has 1 aromatic rings. The summed E-state index contributed by atoms with van der Waals surface area (Å²) in [5.74, 6) is 0.176. The Bertz CT molecular complexity index is 549. The first-order valence-electron chi connectivity index (χ1n) is 8.53. The lowest BCUT2D eigenvalue weighted by molar-refractivity contribution is -0.141. The fraction of sp³-hybridized carbons (Fsp3) is 0.750. The van der Waals surface area contributed by atoms with Gasteiger partial charge in [0.1, 0.15) is 6.04 Å². The molecule has 7 nitrogen and oxygen atoms in total. The van der Waals surface area contributed by atoms with Crippen LogP contribution >= 0.6 is 0 Å². The molecule has 4 rings (SSSR count). The lowest BCUT2D eigenvalue weighted by atomic mass is 10.0. The molecule has 126 valence electrons. The van der Waals surface area contributed by atoms with Crippen LogP contribution in [-0.2, 0) is 20.8 Å². The summed E-state index contributed by atoms with van der Waals surface area (Å²) >= 11 is 0. The van der Waals surface area contributed by atoms with Crippen LogP contribution in [0.4, 0.5) is 0 Å². The minimum atomic E-state index is -0.213. The van der Waals surface area contributed by atoms with Gasteiger partial charge in [-0.25, -0.2) is 0 Å². The van der Waals surface area contributed by atoms with Gasteiger partial charge in [0.15, 0.2) is 0 Å². The maximum absolute atomic E-state index is 13.0. The third kappa shape index (κ3) is 3.00. The summed E-state index contributed by atoms with van der Waals surface area (Å²) in [4.78, 5) is 17.4. The van der Waals surface area contributed by atoms with E-state index in [0.717, 1.165) is 44.8 Å². The zero-order chi connectivity index (χ0) is 15.6. The molecular formula is C16H24N4O3. The van der Waals surface area contributed by atoms with Gasteiger partial charge in [-0.05, 0) is 18.9 Å². The molecule has 1 amide bonds. The second-order valence-corrected chi connectivity index (χ2v) is 6.49. The van der Waals surface area contributed by atoms with Crippen molar-refractivity contribution in [3.8, 4) is 0 Å². The van der Waals surface area contributed by atoms with Crippen molar-refractivity contribution >= 4 is 5.91 Å². The lowest BCUT2D eigenvalue weighted by Gasteiger charge is -2.41. The van der Waals surface area contributed by atoms with Gasteiger partial charge in [-0.3, -0.25) is 14.4 Å². The fourth-order valence-electron chi connectivity index (χ4n) is 3.83. The molecule has 1 unspecified atom stereocenters. The minimum absolute atomic E-state index is 0.176. The van der Waals surface area contributed by atoms with Crippen LogP contribution in [0.25, 0.3) is 0 Å². The van der Waals surface area contributed by atoms with Gasteiger partial charge >= 0.3 is 0 Å². The lowest BCUT2D eigenvalue weighted by Crippen LogP contribution is -2.52. The van der Waals surface area contributed by atoms with E-state index in [4.69, 9.17) is 9.47 Å². The van der Waals surface area contributed by atoms with Gasteiger partial charge in [0.05, 0.1) is 18.9 Å². The first-order valence-corrected chi connectivity index (χ1v) is 8.53. The molecule has 2 fully saturated rings. The molecule has 0 aliphatic carbocycles. The number of carbonyl (C=O) groups excluding carboxylic acids is 1. The Morgan fingerprint density at radius 1 is 1.13 bits per heavy atom. The number of hydrogen-bond donors (Lipinski definition) is 0. The summed E-state index contributed by atoms with van der Waals surface area (Å²) in [7, 11) is 0. The Kier molecular flexibility index (Phi) is 4.33. The third-order valence-electron chi connectivity index (χ3n) is 5.14. The van der Waals surface area contributed by atoms with Crippen LogP contribution < -0.4 is 0 Å². The van der Waals surface area contributed by atoms with Crippen LogP contribution in [-0.4, -0.2) is 77.6 Å². The molecule has 0 bridgehead atoms. The van der Waals surface area contributed by atoms with E-state index in [-0.39, 0.29) is 11.9 Å². The van der Waals surface area contributed by atoms with Gasteiger partial charge in [0.2, 0.25) is 5.91 Å². The van der Waals surface area contributed by atoms with Crippen LogP contribution in [0.2, 0.25) is 0 Å². The number of hydrogen-bond acceptors (Lipinski definition) is 5. The van der Waals surface area contributed by atoms with E-state index >= 15 is 0 Å². The number of rotatable bonds is 2. The molecule has 7 heteroatoms. The van der Waals surface area contributed by atoms with Crippen molar-refractivity contribution in [2.45, 2.75) is 31.5 Å². The largest absolute Gasteiger partial charge is 0.381 e. The van der Waals surface area contributed by atoms with Crippen molar-refractivity contribution in [1.29, 1.82) is 0 Å². The number of amides is 1. The van der Waals surface area contributed by atoms with Crippen molar-refractivity contribution in [2.24, 2.45) is 0 Å². The monoisotopic (exact) mass is 320 g/mol. The molecule has 3 aliphatic heterocycles. The van der Waals surface area contributed by atoms with Gasteiger partial charge < -0.3 is 14.4 Å². The summed E-state index contributed by atoms with van der Waals surface area (Å²) in [5, 5.41) is 4.42. The van der Waals surface area contributed by atoms with Crippen LogP contribution in [0, 0.1) is 0 Å². The second kappa shape index (κ2) is 6.59. The summed E-state index contributed by atoms with van der Waals surface area (Å²) in [6, 6.07) is 2.33. The van der Waals surface area contributed by atoms with Gasteiger partial charge in [0.25, 0.3) is 0 Å². The molecule has 0 spiro atoms. The Morgan fingerprint density at radius 2 is 1.87 bits per heavy atom. The van der Waals surface area contributed by atoms with E-state index in [1.165, 1.54) is 0 Å². The molecular weight excluding hydrogens is 296 g/mol. The molecule has 23 heavy (non-hydrogen) atoms. The van der Waals surface area contributed by atoms with Crippen LogP contribution in [0.3, 0.4) is 0 Å². The normalized spacial score (nSPS) is 27.0. The highest BCUT2D eigenvalue weighted by molar-refractivity contribution is 5.81. The van der Waals surface area contributed by atoms with Gasteiger partial charge in [-0.15, -0.1) is 0 Å². The van der Waals surface area contributed by atoms with E-state index in [9.17, 15) is 4.79 Å². The van der Waals surface area contributed by atoms with E-state index in [1.807, 2.05) is 21.8 Å². The summed E-state index contributed by atoms with van der Waals surface area (Å²) < 4.78 is 12.8. The maximum Gasteiger partial charge on any atom is 0.248 e. The minimum Gasteiger partial charge on any atom is -0.381 e. The molecule has 0 radical (unpaired) electrons. The Hall–Kier alpha value is -1.44. The molecule has 1 atom stereocenters. The van der Waals surface area contributed by atoms with Gasteiger partial charge in [0, 0.05) is 51.6 Å². The molecule has 1 aromatic heterocycles. The van der Waals surface area contributed by atoms with Crippen molar-refractivity contribution in [2.75, 3.05) is 46.1 Å². The highest BCUT2D eigenvalue weighted by Crippen LogP contribution is 2.27. The predicted molar refractivity (Wildman–Crippen MR) is 82.9 cm³/mol. The number of nitrogens with zero attached hydrogens (tertiary/aromatic N) is 4. The Balaban J connectivity index is 1.54. The molecule has 4 heterocycles. The molecule has 0 saturated carbocycles. The van der Waals surface area contributed by atoms with Gasteiger partial charge in [-0.1, -0.05) is 0 Å². The number of ether oxygens (including phenoxy) is 2. The molecule has 0 aromatic carbocycles. The number of carbonyl (C=O) groups is 1. The molecule has 3 aliphatic rings. The molecule has 0 N–H and O–H groups in total. The topological polar surface area (TPSA) is 59.8 Å². The van der Waals surface area contributed by atoms with E-state index in [0.29, 0.717) is 32.3 Å². The first-order chi connectivity index (χ1) is 11.3. The Morgan fingerprint density at radius 3 is 2.65 bits per heavy atom. The summed E-state index contributed by atoms with van der Waals surface area (Å²) in [5.41, 5.74) is 1.13. The predicted octanol–water partition coefficient (Wildman–Crippen LogP) is 0.278. The number of morpholine rings is 1. The van der Waals surface area contributed by atoms with E-state index < -0.39 is 0 Å². The zero-order valence-corrected chi connectivity index (χ0v) is 13.4. The third-order valence-corrected chi connectivity index (χ3v) is 5.14. The van der Waals surface area contributed by atoms with Crippen molar-refractivity contribution < 1.29 is 14.3 Å². The average Bonchev–Trinajstić information content (AvgIpc) is 3.10. The first kappa shape index (κ1) is 15.1. The van der Waals surface area contributed by atoms with Crippen LogP contribution in [0.15, 0.2) is 12.3 Å². The molecule has 2 saturated heterocycles. The number of fused-ring (bicyclic) bond motifs is 1. The highest BCUT2D eigenvalue weighted by atomic mass is 16.5. The standard InChI is InChI=1S/C16H24N4O3/c21-16(18-5-9-23-10-6-18)15-12-19(13-2-7-22-8-3-13)11-14-1-4-17-20(14)15/h1,4,13,15H,2-3,5-12H2. The summed E-state index contributed by atoms with van der Waals surface area (Å²) in [6.07, 6.45) is 3.90. The zero-order valence-electron chi connectivity index (χ0n) is 13.4. The van der Waals surface area contributed by atoms with Crippen LogP contribution in [0.5, 0.6) is 0 Å². The Labute approximate surface area is 136 Å². The quantitative estimate of drug-likeness (QED) is 0.783. The van der Waals surface area contributed by atoms with E-state index in [2.05, 4.69) is 10.00 Å². The van der Waals surface area contributed by atoms with Gasteiger partial charge in [-0.2, -0.15) is 5.10 Å². The average molecular weight is 320 g/mol. The van der Waals surface area contributed by atoms with Crippen molar-refractivity contribution in [1.82, 2.24) is 19.6 Å². The summed E-state index contributed by atoms with van der Waals surface area (Å²) in [6.45, 7) is 5.90. The fourth-order valence-corrected chi connectivity index (χ4v) is 3.83. The number of aromatic nitrogens is 2. The smallest absolute Gasteiger partial charge is 0.248 e. The van der Waals surface area contributed by atoms with E-state index in [1.54, 1.807) is 0 Å². The maximum atomic E-state index is 13.0.